The minimum Gasteiger partial charge on any atom is -0.321 e. The molecule has 7 nitrogen and oxygen atoms in total. The number of thioether (sulfide) groups is 1. The van der Waals surface area contributed by atoms with Crippen LogP contribution in [0.4, 0.5) is 10.1 Å². The first-order valence-corrected chi connectivity index (χ1v) is 12.1. The number of anilines is 1. The zero-order valence-electron chi connectivity index (χ0n) is 17.6. The van der Waals surface area contributed by atoms with Crippen molar-refractivity contribution in [1.29, 1.82) is 0 Å². The second kappa shape index (κ2) is 9.94. The number of para-hydroxylation sites is 1. The van der Waals surface area contributed by atoms with Gasteiger partial charge < -0.3 is 5.32 Å². The number of nitrogens with zero attached hydrogens (tertiary/aromatic N) is 5. The number of thiazole rings is 1. The first-order valence-electron chi connectivity index (χ1n) is 10.2. The Bertz CT molecular complexity index is 1400. The first kappa shape index (κ1) is 21.9. The molecule has 0 aliphatic heterocycles. The maximum absolute atomic E-state index is 13.1. The molecular formula is C24H17FN6OS2. The van der Waals surface area contributed by atoms with Crippen LogP contribution in [-0.4, -0.2) is 30.6 Å². The lowest BCUT2D eigenvalue weighted by Crippen LogP contribution is -2.12. The van der Waals surface area contributed by atoms with Crippen LogP contribution in [0.1, 0.15) is 15.5 Å². The molecule has 3 aromatic heterocycles. The number of carbonyl (C=O) groups excluding carboxylic acids is 1. The van der Waals surface area contributed by atoms with E-state index >= 15 is 0 Å². The maximum atomic E-state index is 13.1. The second-order valence-electron chi connectivity index (χ2n) is 7.10. The molecule has 0 unspecified atom stereocenters. The topological polar surface area (TPSA) is 85.6 Å². The number of nitrogens with one attached hydrogen (secondary N) is 1. The molecule has 34 heavy (non-hydrogen) atoms. The molecule has 0 radical (unpaired) electrons. The molecule has 0 aliphatic carbocycles. The highest BCUT2D eigenvalue weighted by Crippen LogP contribution is 2.30. The van der Waals surface area contributed by atoms with E-state index in [1.807, 2.05) is 47.0 Å². The molecule has 10 heteroatoms. The highest BCUT2D eigenvalue weighted by atomic mass is 32.2. The van der Waals surface area contributed by atoms with Gasteiger partial charge in [0.05, 0.1) is 5.75 Å². The lowest BCUT2D eigenvalue weighted by molar-refractivity contribution is 0.102. The van der Waals surface area contributed by atoms with E-state index in [-0.39, 0.29) is 11.7 Å². The third-order valence-electron chi connectivity index (χ3n) is 4.78. The number of carbonyl (C=O) groups is 1. The maximum Gasteiger partial charge on any atom is 0.275 e. The van der Waals surface area contributed by atoms with E-state index < -0.39 is 0 Å². The molecule has 0 aliphatic rings. The van der Waals surface area contributed by atoms with E-state index in [2.05, 4.69) is 25.5 Å². The molecule has 0 bridgehead atoms. The third kappa shape index (κ3) is 4.87. The van der Waals surface area contributed by atoms with Crippen LogP contribution < -0.4 is 5.32 Å². The first-order chi connectivity index (χ1) is 16.7. The summed E-state index contributed by atoms with van der Waals surface area (Å²) in [7, 11) is 0. The van der Waals surface area contributed by atoms with Crippen LogP contribution in [0, 0.1) is 5.82 Å². The molecule has 1 amide bonds. The Labute approximate surface area is 202 Å². The number of amides is 1. The van der Waals surface area contributed by atoms with E-state index in [9.17, 15) is 9.18 Å². The highest BCUT2D eigenvalue weighted by Gasteiger charge is 2.18. The Morgan fingerprint density at radius 2 is 1.85 bits per heavy atom. The average Bonchev–Trinajstić information content (AvgIpc) is 3.53. The van der Waals surface area contributed by atoms with Crippen LogP contribution in [0.3, 0.4) is 0 Å². The molecule has 2 aromatic carbocycles. The SMILES string of the molecule is O=C(Nc1ccc(F)cc1)c1csc(CSc2nnc(-c3cccnc3)n2-c2ccccc2)n1. The molecule has 5 aromatic rings. The largest absolute Gasteiger partial charge is 0.321 e. The van der Waals surface area contributed by atoms with Crippen molar-refractivity contribution in [1.82, 2.24) is 24.7 Å². The summed E-state index contributed by atoms with van der Waals surface area (Å²) in [6.45, 7) is 0. The summed E-state index contributed by atoms with van der Waals surface area (Å²) in [5, 5.41) is 14.7. The van der Waals surface area contributed by atoms with Gasteiger partial charge in [-0.2, -0.15) is 0 Å². The quantitative estimate of drug-likeness (QED) is 0.306. The summed E-state index contributed by atoms with van der Waals surface area (Å²) < 4.78 is 15.1. The van der Waals surface area contributed by atoms with Crippen LogP contribution in [0.5, 0.6) is 0 Å². The van der Waals surface area contributed by atoms with Gasteiger partial charge in [0.1, 0.15) is 16.5 Å². The van der Waals surface area contributed by atoms with Crippen LogP contribution in [-0.2, 0) is 5.75 Å². The van der Waals surface area contributed by atoms with Crippen molar-refractivity contribution in [2.24, 2.45) is 0 Å². The predicted molar refractivity (Wildman–Crippen MR) is 131 cm³/mol. The van der Waals surface area contributed by atoms with Gasteiger partial charge in [-0.15, -0.1) is 21.5 Å². The van der Waals surface area contributed by atoms with Gasteiger partial charge in [0.15, 0.2) is 11.0 Å². The van der Waals surface area contributed by atoms with Crippen molar-refractivity contribution in [3.8, 4) is 17.1 Å². The second-order valence-corrected chi connectivity index (χ2v) is 8.98. The molecule has 0 fully saturated rings. The van der Waals surface area contributed by atoms with Crippen LogP contribution >= 0.6 is 23.1 Å². The summed E-state index contributed by atoms with van der Waals surface area (Å²) >= 11 is 2.88. The molecule has 0 atom stereocenters. The number of benzene rings is 2. The molecule has 0 spiro atoms. The van der Waals surface area contributed by atoms with Crippen LogP contribution in [0.15, 0.2) is 89.7 Å². The fourth-order valence-electron chi connectivity index (χ4n) is 3.19. The van der Waals surface area contributed by atoms with Crippen molar-refractivity contribution in [3.05, 3.63) is 101 Å². The summed E-state index contributed by atoms with van der Waals surface area (Å²) in [5.74, 6) is 0.513. The van der Waals surface area contributed by atoms with Crippen molar-refractivity contribution in [3.63, 3.8) is 0 Å². The summed E-state index contributed by atoms with van der Waals surface area (Å²) in [4.78, 5) is 21.1. The van der Waals surface area contributed by atoms with Crippen molar-refractivity contribution < 1.29 is 9.18 Å². The lowest BCUT2D eigenvalue weighted by Gasteiger charge is -2.09. The molecule has 168 valence electrons. The number of halogens is 1. The van der Waals surface area contributed by atoms with Crippen LogP contribution in [0.2, 0.25) is 0 Å². The molecule has 0 saturated heterocycles. The fourth-order valence-corrected chi connectivity index (χ4v) is 4.94. The van der Waals surface area contributed by atoms with Crippen molar-refractivity contribution in [2.45, 2.75) is 10.9 Å². The van der Waals surface area contributed by atoms with Gasteiger partial charge in [-0.3, -0.25) is 14.3 Å². The Balaban J connectivity index is 1.34. The molecular weight excluding hydrogens is 471 g/mol. The van der Waals surface area contributed by atoms with Gasteiger partial charge in [-0.05, 0) is 48.5 Å². The standard InChI is InChI=1S/C24H17FN6OS2/c25-17-8-10-18(11-9-17)27-23(32)20-14-33-21(28-20)15-34-24-30-29-22(16-5-4-12-26-13-16)31(24)19-6-2-1-3-7-19/h1-14H,15H2,(H,27,32). The molecule has 3 heterocycles. The number of aromatic nitrogens is 5. The summed E-state index contributed by atoms with van der Waals surface area (Å²) in [5.41, 5.74) is 2.62. The number of hydrogen-bond acceptors (Lipinski definition) is 7. The van der Waals surface area contributed by atoms with Gasteiger partial charge >= 0.3 is 0 Å². The lowest BCUT2D eigenvalue weighted by atomic mass is 10.2. The molecule has 5 rings (SSSR count). The van der Waals surface area contributed by atoms with Crippen LogP contribution in [0.25, 0.3) is 17.1 Å². The normalized spacial score (nSPS) is 10.9. The fraction of sp³-hybridized carbons (Fsp3) is 0.0417. The van der Waals surface area contributed by atoms with Crippen molar-refractivity contribution >= 4 is 34.7 Å². The van der Waals surface area contributed by atoms with E-state index in [1.54, 1.807) is 17.8 Å². The Kier molecular flexibility index (Phi) is 6.41. The van der Waals surface area contributed by atoms with Crippen molar-refractivity contribution in [2.75, 3.05) is 5.32 Å². The summed E-state index contributed by atoms with van der Waals surface area (Å²) in [6.07, 6.45) is 3.47. The van der Waals surface area contributed by atoms with Gasteiger partial charge in [-0.1, -0.05) is 30.0 Å². The minimum absolute atomic E-state index is 0.311. The smallest absolute Gasteiger partial charge is 0.275 e. The predicted octanol–water partition coefficient (Wildman–Crippen LogP) is 5.47. The van der Waals surface area contributed by atoms with Gasteiger partial charge in [-0.25, -0.2) is 9.37 Å². The van der Waals surface area contributed by atoms with E-state index in [0.717, 1.165) is 16.3 Å². The minimum atomic E-state index is -0.360. The van der Waals surface area contributed by atoms with Gasteiger partial charge in [0, 0.05) is 34.7 Å². The van der Waals surface area contributed by atoms with Gasteiger partial charge in [0.25, 0.3) is 5.91 Å². The molecule has 1 N–H and O–H groups in total. The van der Waals surface area contributed by atoms with E-state index in [4.69, 9.17) is 0 Å². The van der Waals surface area contributed by atoms with Gasteiger partial charge in [0.2, 0.25) is 0 Å². The molecule has 0 saturated carbocycles. The Hall–Kier alpha value is -3.89. The zero-order valence-corrected chi connectivity index (χ0v) is 19.3. The Morgan fingerprint density at radius 3 is 2.62 bits per heavy atom. The highest BCUT2D eigenvalue weighted by molar-refractivity contribution is 7.98. The average molecular weight is 489 g/mol. The summed E-state index contributed by atoms with van der Waals surface area (Å²) in [6, 6.07) is 19.3. The van der Waals surface area contributed by atoms with E-state index in [1.165, 1.54) is 47.4 Å². The number of rotatable bonds is 7. The zero-order chi connectivity index (χ0) is 23.3. The van der Waals surface area contributed by atoms with E-state index in [0.29, 0.717) is 28.1 Å². The third-order valence-corrected chi connectivity index (χ3v) is 6.75. The Morgan fingerprint density at radius 1 is 1.03 bits per heavy atom. The number of hydrogen-bond donors (Lipinski definition) is 1. The number of pyridine rings is 1. The monoisotopic (exact) mass is 488 g/mol.